The number of hydroxylamine groups is 2. The quantitative estimate of drug-likeness (QED) is 0.613. The van der Waals surface area contributed by atoms with Crippen molar-refractivity contribution >= 4 is 23.2 Å². The maximum atomic E-state index is 17.4. The maximum absolute atomic E-state index is 17.4. The number of ketones is 2. The Morgan fingerprint density at radius 2 is 1.97 bits per heavy atom. The Hall–Kier alpha value is -1.90. The first-order chi connectivity index (χ1) is 17.5. The van der Waals surface area contributed by atoms with Crippen LogP contribution in [0, 0.1) is 28.6 Å². The van der Waals surface area contributed by atoms with Crippen LogP contribution in [0.4, 0.5) is 4.39 Å². The summed E-state index contributed by atoms with van der Waals surface area (Å²) in [5.41, 5.74) is -3.55. The number of hydrogen-bond acceptors (Lipinski definition) is 6. The molecule has 2 N–H and O–H groups in total. The van der Waals surface area contributed by atoms with Gasteiger partial charge < -0.3 is 10.2 Å². The summed E-state index contributed by atoms with van der Waals surface area (Å²) in [5.74, 6) is -1.53. The SMILES string of the molecule is C[C@]12C=CC(=O)C=C1CC[C@H]1[C@@H]3C[C@H]4CN(Cc5ccc(Cl)cc5)O[C@@]4(C(=O)CO)[C@@]3(C)C[C@H](O)[C@@]12F. The van der Waals surface area contributed by atoms with E-state index in [0.717, 1.165) is 11.1 Å². The van der Waals surface area contributed by atoms with E-state index in [1.807, 2.05) is 19.1 Å². The van der Waals surface area contributed by atoms with Crippen molar-refractivity contribution < 1.29 is 29.0 Å². The number of hydrogen-bond donors (Lipinski definition) is 2. The Labute approximate surface area is 221 Å². The number of aliphatic hydroxyl groups is 2. The van der Waals surface area contributed by atoms with Gasteiger partial charge in [0.25, 0.3) is 0 Å². The fraction of sp³-hybridized carbons (Fsp3) is 0.586. The predicted molar refractivity (Wildman–Crippen MR) is 135 cm³/mol. The van der Waals surface area contributed by atoms with Gasteiger partial charge in [-0.2, -0.15) is 5.06 Å². The highest BCUT2D eigenvalue weighted by Gasteiger charge is 2.78. The van der Waals surface area contributed by atoms with Gasteiger partial charge in [0.2, 0.25) is 0 Å². The molecule has 4 fully saturated rings. The smallest absolute Gasteiger partial charge is 0.192 e. The minimum Gasteiger partial charge on any atom is -0.390 e. The molecule has 198 valence electrons. The van der Waals surface area contributed by atoms with E-state index in [1.54, 1.807) is 30.2 Å². The van der Waals surface area contributed by atoms with E-state index in [9.17, 15) is 19.8 Å². The van der Waals surface area contributed by atoms with Crippen molar-refractivity contribution in [2.75, 3.05) is 13.2 Å². The van der Waals surface area contributed by atoms with Crippen LogP contribution in [0.2, 0.25) is 5.02 Å². The molecule has 0 radical (unpaired) electrons. The third-order valence-corrected chi connectivity index (χ3v) is 10.8. The number of halogens is 2. The number of allylic oxidation sites excluding steroid dienone is 4. The third-order valence-electron chi connectivity index (χ3n) is 10.5. The van der Waals surface area contributed by atoms with Crippen LogP contribution in [0.15, 0.2) is 48.1 Å². The van der Waals surface area contributed by atoms with Crippen LogP contribution in [-0.2, 0) is 21.0 Å². The molecule has 0 spiro atoms. The van der Waals surface area contributed by atoms with Crippen molar-refractivity contribution in [1.82, 2.24) is 5.06 Å². The van der Waals surface area contributed by atoms with Gasteiger partial charge in [0.15, 0.2) is 22.8 Å². The number of benzene rings is 1. The minimum absolute atomic E-state index is 0.0341. The molecule has 0 amide bonds. The summed E-state index contributed by atoms with van der Waals surface area (Å²) in [6.45, 7) is 3.96. The highest BCUT2D eigenvalue weighted by Crippen LogP contribution is 2.72. The Kier molecular flexibility index (Phi) is 5.69. The van der Waals surface area contributed by atoms with Crippen molar-refractivity contribution in [3.63, 3.8) is 0 Å². The largest absolute Gasteiger partial charge is 0.390 e. The first-order valence-electron chi connectivity index (χ1n) is 13.1. The standard InChI is InChI=1S/C29H33ClFNO5/c1-26-10-9-21(34)11-18(26)5-8-22-23-12-19-15-32(14-17-3-6-20(30)7-4-17)37-29(19,25(36)16-33)27(23,2)13-24(35)28(22,26)31/h3-4,6-7,9-11,19,22-24,33,35H,5,8,12-16H2,1-2H3/t19-,22-,23-,24-,26-,27-,28-,29-/m0/s1. The van der Waals surface area contributed by atoms with Crippen LogP contribution < -0.4 is 0 Å². The molecule has 6 rings (SSSR count). The lowest BCUT2D eigenvalue weighted by Crippen LogP contribution is -2.69. The lowest BCUT2D eigenvalue weighted by atomic mass is 9.44. The van der Waals surface area contributed by atoms with E-state index < -0.39 is 46.5 Å². The predicted octanol–water partition coefficient (Wildman–Crippen LogP) is 3.98. The zero-order valence-electron chi connectivity index (χ0n) is 21.1. The van der Waals surface area contributed by atoms with E-state index in [0.29, 0.717) is 37.4 Å². The van der Waals surface area contributed by atoms with Gasteiger partial charge in [-0.1, -0.05) is 42.3 Å². The first-order valence-corrected chi connectivity index (χ1v) is 13.5. The number of carbonyl (C=O) groups is 2. The van der Waals surface area contributed by atoms with E-state index in [1.165, 1.54) is 12.2 Å². The second kappa shape index (κ2) is 8.30. The Morgan fingerprint density at radius 1 is 1.24 bits per heavy atom. The molecule has 0 unspecified atom stereocenters. The van der Waals surface area contributed by atoms with E-state index in [-0.39, 0.29) is 24.0 Å². The number of nitrogens with zero attached hydrogens (tertiary/aromatic N) is 1. The second-order valence-corrected chi connectivity index (χ2v) is 12.5. The van der Waals surface area contributed by atoms with Crippen molar-refractivity contribution in [3.05, 3.63) is 58.7 Å². The molecule has 3 saturated carbocycles. The molecular weight excluding hydrogens is 497 g/mol. The molecule has 37 heavy (non-hydrogen) atoms. The van der Waals surface area contributed by atoms with Crippen molar-refractivity contribution in [2.45, 2.75) is 63.4 Å². The molecule has 1 heterocycles. The number of aliphatic hydroxyl groups excluding tert-OH is 2. The van der Waals surface area contributed by atoms with Crippen LogP contribution in [-0.4, -0.2) is 57.4 Å². The molecule has 1 aromatic rings. The fourth-order valence-electron chi connectivity index (χ4n) is 8.83. The summed E-state index contributed by atoms with van der Waals surface area (Å²) in [4.78, 5) is 32.1. The molecular formula is C29H33ClFNO5. The van der Waals surface area contributed by atoms with Gasteiger partial charge in [-0.15, -0.1) is 0 Å². The molecule has 1 saturated heterocycles. The summed E-state index contributed by atoms with van der Waals surface area (Å²) >= 11 is 6.03. The Bertz CT molecular complexity index is 1220. The molecule has 0 bridgehead atoms. The molecule has 8 heteroatoms. The molecule has 0 aromatic heterocycles. The van der Waals surface area contributed by atoms with Gasteiger partial charge in [0, 0.05) is 40.8 Å². The van der Waals surface area contributed by atoms with Crippen LogP contribution in [0.1, 0.15) is 45.1 Å². The van der Waals surface area contributed by atoms with Crippen molar-refractivity contribution in [1.29, 1.82) is 0 Å². The molecule has 6 nitrogen and oxygen atoms in total. The zero-order valence-corrected chi connectivity index (χ0v) is 21.9. The van der Waals surface area contributed by atoms with E-state index in [4.69, 9.17) is 16.4 Å². The number of carbonyl (C=O) groups excluding carboxylic acids is 2. The fourth-order valence-corrected chi connectivity index (χ4v) is 8.96. The zero-order chi connectivity index (χ0) is 26.4. The third kappa shape index (κ3) is 3.18. The summed E-state index contributed by atoms with van der Waals surface area (Å²) in [5, 5.41) is 24.1. The van der Waals surface area contributed by atoms with Gasteiger partial charge in [-0.3, -0.25) is 14.4 Å². The topological polar surface area (TPSA) is 87.1 Å². The van der Waals surface area contributed by atoms with Crippen molar-refractivity contribution in [3.8, 4) is 0 Å². The normalized spacial score (nSPS) is 44.6. The number of alkyl halides is 1. The average Bonchev–Trinajstić information content (AvgIpc) is 3.34. The Balaban J connectivity index is 1.37. The molecule has 8 atom stereocenters. The molecule has 1 aromatic carbocycles. The van der Waals surface area contributed by atoms with Crippen LogP contribution in [0.5, 0.6) is 0 Å². The van der Waals surface area contributed by atoms with Crippen LogP contribution in [0.25, 0.3) is 0 Å². The lowest BCUT2D eigenvalue weighted by molar-refractivity contribution is -0.268. The van der Waals surface area contributed by atoms with E-state index >= 15 is 4.39 Å². The van der Waals surface area contributed by atoms with Gasteiger partial charge >= 0.3 is 0 Å². The molecule has 1 aliphatic heterocycles. The summed E-state index contributed by atoms with van der Waals surface area (Å²) in [6, 6.07) is 7.42. The maximum Gasteiger partial charge on any atom is 0.192 e. The average molecular weight is 530 g/mol. The van der Waals surface area contributed by atoms with Gasteiger partial charge in [-0.25, -0.2) is 4.39 Å². The second-order valence-electron chi connectivity index (χ2n) is 12.1. The number of Topliss-reactive ketones (excluding diaryl/α,β-unsaturated/α-hetero) is 1. The monoisotopic (exact) mass is 529 g/mol. The van der Waals surface area contributed by atoms with E-state index in [2.05, 4.69) is 0 Å². The number of rotatable bonds is 4. The Morgan fingerprint density at radius 3 is 2.68 bits per heavy atom. The highest BCUT2D eigenvalue weighted by atomic mass is 35.5. The summed E-state index contributed by atoms with van der Waals surface area (Å²) < 4.78 is 17.4. The molecule has 4 aliphatic carbocycles. The van der Waals surface area contributed by atoms with Gasteiger partial charge in [-0.05, 0) is 68.4 Å². The first kappa shape index (κ1) is 25.4. The summed E-state index contributed by atoms with van der Waals surface area (Å²) in [6.07, 6.45) is 4.87. The molecule has 5 aliphatic rings. The van der Waals surface area contributed by atoms with Gasteiger partial charge in [0.1, 0.15) is 6.61 Å². The number of fused-ring (bicyclic) bond motifs is 7. The van der Waals surface area contributed by atoms with Crippen LogP contribution >= 0.6 is 11.6 Å². The summed E-state index contributed by atoms with van der Waals surface area (Å²) in [7, 11) is 0. The van der Waals surface area contributed by atoms with Crippen LogP contribution in [0.3, 0.4) is 0 Å². The van der Waals surface area contributed by atoms with Crippen molar-refractivity contribution in [2.24, 2.45) is 28.6 Å². The van der Waals surface area contributed by atoms with Gasteiger partial charge in [0.05, 0.1) is 6.10 Å². The highest BCUT2D eigenvalue weighted by molar-refractivity contribution is 6.30. The lowest BCUT2D eigenvalue weighted by Gasteiger charge is -2.62. The minimum atomic E-state index is -1.97.